The molecular weight excluding hydrogens is 226 g/mol. The standard InChI is InChI=1S/C14H17N3O/c1-11-8-12(9-15)2-3-13(11)10-17-6-4-14(16-18)5-7-17/h2-3,8,18H,4-7,10H2,1H3. The zero-order chi connectivity index (χ0) is 13.0. The van der Waals surface area contributed by atoms with Crippen molar-refractivity contribution in [2.24, 2.45) is 5.16 Å². The van der Waals surface area contributed by atoms with E-state index in [1.807, 2.05) is 25.1 Å². The third-order valence-electron chi connectivity index (χ3n) is 3.44. The highest BCUT2D eigenvalue weighted by Gasteiger charge is 2.16. The fraction of sp³-hybridized carbons (Fsp3) is 0.429. The van der Waals surface area contributed by atoms with E-state index in [0.717, 1.165) is 43.8 Å². The number of nitrogens with zero attached hydrogens (tertiary/aromatic N) is 3. The average molecular weight is 243 g/mol. The van der Waals surface area contributed by atoms with Gasteiger partial charge >= 0.3 is 0 Å². The molecule has 0 spiro atoms. The maximum absolute atomic E-state index is 8.83. The van der Waals surface area contributed by atoms with Gasteiger partial charge in [0.25, 0.3) is 0 Å². The third kappa shape index (κ3) is 2.88. The second-order valence-electron chi connectivity index (χ2n) is 4.70. The van der Waals surface area contributed by atoms with Crippen molar-refractivity contribution < 1.29 is 5.21 Å². The first-order valence-corrected chi connectivity index (χ1v) is 6.14. The molecule has 2 rings (SSSR count). The molecule has 1 aliphatic rings. The molecule has 1 N–H and O–H groups in total. The van der Waals surface area contributed by atoms with Gasteiger partial charge in [0.05, 0.1) is 17.3 Å². The maximum atomic E-state index is 8.83. The zero-order valence-electron chi connectivity index (χ0n) is 10.6. The van der Waals surface area contributed by atoms with Crippen molar-refractivity contribution in [3.8, 4) is 6.07 Å². The summed E-state index contributed by atoms with van der Waals surface area (Å²) in [7, 11) is 0. The molecule has 0 bridgehead atoms. The molecule has 0 unspecified atom stereocenters. The maximum Gasteiger partial charge on any atom is 0.0991 e. The summed E-state index contributed by atoms with van der Waals surface area (Å²) in [5, 5.41) is 20.8. The SMILES string of the molecule is Cc1cc(C#N)ccc1CN1CCC(=NO)CC1. The van der Waals surface area contributed by atoms with Crippen LogP contribution in [-0.2, 0) is 6.54 Å². The van der Waals surface area contributed by atoms with E-state index < -0.39 is 0 Å². The lowest BCUT2D eigenvalue weighted by Crippen LogP contribution is -2.33. The number of benzene rings is 1. The van der Waals surface area contributed by atoms with Crippen LogP contribution in [0.4, 0.5) is 0 Å². The molecule has 0 aromatic heterocycles. The molecule has 4 heteroatoms. The van der Waals surface area contributed by atoms with Crippen molar-refractivity contribution in [1.29, 1.82) is 5.26 Å². The smallest absolute Gasteiger partial charge is 0.0991 e. The van der Waals surface area contributed by atoms with Gasteiger partial charge in [-0.05, 0) is 30.2 Å². The molecule has 94 valence electrons. The molecule has 1 fully saturated rings. The minimum absolute atomic E-state index is 0.713. The summed E-state index contributed by atoms with van der Waals surface area (Å²) >= 11 is 0. The Bertz CT molecular complexity index is 492. The van der Waals surface area contributed by atoms with Crippen LogP contribution in [0.5, 0.6) is 0 Å². The molecule has 1 heterocycles. The Morgan fingerprint density at radius 1 is 1.39 bits per heavy atom. The van der Waals surface area contributed by atoms with Crippen molar-refractivity contribution in [1.82, 2.24) is 4.90 Å². The van der Waals surface area contributed by atoms with Crippen LogP contribution in [0.25, 0.3) is 0 Å². The number of piperidine rings is 1. The van der Waals surface area contributed by atoms with Gasteiger partial charge < -0.3 is 5.21 Å². The van der Waals surface area contributed by atoms with Crippen LogP contribution < -0.4 is 0 Å². The van der Waals surface area contributed by atoms with Gasteiger partial charge in [-0.15, -0.1) is 0 Å². The Hall–Kier alpha value is -1.86. The Labute approximate surface area is 107 Å². The molecule has 1 aromatic carbocycles. The van der Waals surface area contributed by atoms with Crippen molar-refractivity contribution in [2.45, 2.75) is 26.3 Å². The summed E-state index contributed by atoms with van der Waals surface area (Å²) in [6, 6.07) is 7.98. The fourth-order valence-corrected chi connectivity index (χ4v) is 2.25. The van der Waals surface area contributed by atoms with Crippen LogP contribution in [0.3, 0.4) is 0 Å². The topological polar surface area (TPSA) is 59.6 Å². The number of rotatable bonds is 2. The van der Waals surface area contributed by atoms with Crippen LogP contribution in [0, 0.1) is 18.3 Å². The molecule has 0 saturated carbocycles. The van der Waals surface area contributed by atoms with Crippen LogP contribution >= 0.6 is 0 Å². The monoisotopic (exact) mass is 243 g/mol. The summed E-state index contributed by atoms with van der Waals surface area (Å²) in [5.41, 5.74) is 4.03. The minimum atomic E-state index is 0.713. The zero-order valence-corrected chi connectivity index (χ0v) is 10.6. The Morgan fingerprint density at radius 3 is 2.67 bits per heavy atom. The molecular formula is C14H17N3O. The van der Waals surface area contributed by atoms with E-state index in [9.17, 15) is 0 Å². The predicted octanol–water partition coefficient (Wildman–Crippen LogP) is 2.29. The van der Waals surface area contributed by atoms with E-state index >= 15 is 0 Å². The number of aryl methyl sites for hydroxylation is 1. The second kappa shape index (κ2) is 5.65. The molecule has 0 amide bonds. The summed E-state index contributed by atoms with van der Waals surface area (Å²) in [6.45, 7) is 4.80. The van der Waals surface area contributed by atoms with E-state index in [4.69, 9.17) is 10.5 Å². The highest BCUT2D eigenvalue weighted by Crippen LogP contribution is 2.16. The van der Waals surface area contributed by atoms with Crippen LogP contribution in [-0.4, -0.2) is 28.9 Å². The highest BCUT2D eigenvalue weighted by molar-refractivity contribution is 5.84. The van der Waals surface area contributed by atoms with Gasteiger partial charge in [0.2, 0.25) is 0 Å². The van der Waals surface area contributed by atoms with Crippen LogP contribution in [0.15, 0.2) is 23.4 Å². The van der Waals surface area contributed by atoms with Crippen molar-refractivity contribution in [3.05, 3.63) is 34.9 Å². The molecule has 1 saturated heterocycles. The Kier molecular flexibility index (Phi) is 3.96. The largest absolute Gasteiger partial charge is 0.411 e. The van der Waals surface area contributed by atoms with Gasteiger partial charge in [-0.1, -0.05) is 11.2 Å². The summed E-state index contributed by atoms with van der Waals surface area (Å²) in [4.78, 5) is 2.35. The van der Waals surface area contributed by atoms with Gasteiger partial charge in [0, 0.05) is 32.5 Å². The number of likely N-dealkylation sites (tertiary alicyclic amines) is 1. The molecule has 1 aliphatic heterocycles. The lowest BCUT2D eigenvalue weighted by molar-refractivity contribution is 0.256. The summed E-state index contributed by atoms with van der Waals surface area (Å²) in [5.74, 6) is 0. The summed E-state index contributed by atoms with van der Waals surface area (Å²) in [6.07, 6.45) is 1.68. The van der Waals surface area contributed by atoms with E-state index in [-0.39, 0.29) is 0 Å². The third-order valence-corrected chi connectivity index (χ3v) is 3.44. The van der Waals surface area contributed by atoms with Crippen LogP contribution in [0.2, 0.25) is 0 Å². The van der Waals surface area contributed by atoms with Gasteiger partial charge in [-0.3, -0.25) is 4.90 Å². The molecule has 0 aliphatic carbocycles. The van der Waals surface area contributed by atoms with E-state index in [1.54, 1.807) is 0 Å². The first kappa shape index (κ1) is 12.6. The molecule has 0 radical (unpaired) electrons. The lowest BCUT2D eigenvalue weighted by atomic mass is 10.0. The number of oxime groups is 1. The normalized spacial score (nSPS) is 16.3. The Morgan fingerprint density at radius 2 is 2.11 bits per heavy atom. The van der Waals surface area contributed by atoms with Gasteiger partial charge in [0.1, 0.15) is 0 Å². The van der Waals surface area contributed by atoms with E-state index in [2.05, 4.69) is 16.1 Å². The second-order valence-corrected chi connectivity index (χ2v) is 4.70. The Balaban J connectivity index is 2.00. The fourth-order valence-electron chi connectivity index (χ4n) is 2.25. The first-order valence-electron chi connectivity index (χ1n) is 6.14. The van der Waals surface area contributed by atoms with Crippen molar-refractivity contribution in [3.63, 3.8) is 0 Å². The highest BCUT2D eigenvalue weighted by atomic mass is 16.4. The number of nitriles is 1. The van der Waals surface area contributed by atoms with Gasteiger partial charge in [-0.25, -0.2) is 0 Å². The van der Waals surface area contributed by atoms with Crippen LogP contribution in [0.1, 0.15) is 29.5 Å². The predicted molar refractivity (Wildman–Crippen MR) is 69.6 cm³/mol. The molecule has 4 nitrogen and oxygen atoms in total. The number of hydrogen-bond acceptors (Lipinski definition) is 4. The van der Waals surface area contributed by atoms with E-state index in [1.165, 1.54) is 5.56 Å². The van der Waals surface area contributed by atoms with Gasteiger partial charge in [-0.2, -0.15) is 5.26 Å². The van der Waals surface area contributed by atoms with Crippen molar-refractivity contribution in [2.75, 3.05) is 13.1 Å². The van der Waals surface area contributed by atoms with E-state index in [0.29, 0.717) is 5.56 Å². The van der Waals surface area contributed by atoms with Gasteiger partial charge in [0.15, 0.2) is 0 Å². The minimum Gasteiger partial charge on any atom is -0.411 e. The first-order chi connectivity index (χ1) is 8.72. The van der Waals surface area contributed by atoms with Crippen molar-refractivity contribution >= 4 is 5.71 Å². The average Bonchev–Trinajstić information content (AvgIpc) is 2.42. The molecule has 1 aromatic rings. The lowest BCUT2D eigenvalue weighted by Gasteiger charge is -2.27. The number of hydrogen-bond donors (Lipinski definition) is 1. The quantitative estimate of drug-likeness (QED) is 0.640. The molecule has 18 heavy (non-hydrogen) atoms. The molecule has 0 atom stereocenters. The summed E-state index contributed by atoms with van der Waals surface area (Å²) < 4.78 is 0.